The van der Waals surface area contributed by atoms with Crippen molar-refractivity contribution >= 4 is 22.4 Å². The fourth-order valence-corrected chi connectivity index (χ4v) is 4.12. The van der Waals surface area contributed by atoms with Crippen molar-refractivity contribution in [2.24, 2.45) is 0 Å². The van der Waals surface area contributed by atoms with Gasteiger partial charge in [-0.3, -0.25) is 9.00 Å². The minimum absolute atomic E-state index is 0.00581. The molecule has 1 amide bonds. The average Bonchev–Trinajstić information content (AvgIpc) is 3.34. The van der Waals surface area contributed by atoms with Crippen molar-refractivity contribution < 1.29 is 9.00 Å². The van der Waals surface area contributed by atoms with Crippen LogP contribution in [0.2, 0.25) is 0 Å². The van der Waals surface area contributed by atoms with E-state index < -0.39 is 10.8 Å². The van der Waals surface area contributed by atoms with Crippen LogP contribution >= 0.6 is 0 Å². The maximum absolute atomic E-state index is 12.6. The molecule has 4 rings (SSSR count). The highest BCUT2D eigenvalue weighted by Crippen LogP contribution is 2.34. The van der Waals surface area contributed by atoms with Crippen LogP contribution in [0.1, 0.15) is 36.7 Å². The number of carbonyl (C=O) groups is 1. The van der Waals surface area contributed by atoms with E-state index in [1.807, 2.05) is 18.2 Å². The number of rotatable bonds is 5. The normalized spacial score (nSPS) is 18.2. The van der Waals surface area contributed by atoms with Crippen LogP contribution in [0.25, 0.3) is 0 Å². The number of fused-ring (bicyclic) bond motifs is 1. The molecule has 7 nitrogen and oxygen atoms in total. The number of hydrogen-bond donors (Lipinski definition) is 0. The molecule has 0 N–H and O–H groups in total. The van der Waals surface area contributed by atoms with Gasteiger partial charge < -0.3 is 4.90 Å². The third kappa shape index (κ3) is 3.10. The zero-order chi connectivity index (χ0) is 16.5. The number of hydrogen-bond acceptors (Lipinski definition) is 5. The van der Waals surface area contributed by atoms with Gasteiger partial charge in [0.05, 0.1) is 11.8 Å². The Morgan fingerprint density at radius 2 is 2.12 bits per heavy atom. The van der Waals surface area contributed by atoms with E-state index >= 15 is 0 Å². The lowest BCUT2D eigenvalue weighted by Gasteiger charge is -2.29. The summed E-state index contributed by atoms with van der Waals surface area (Å²) in [5.74, 6) is 0.755. The number of benzene rings is 1. The molecule has 126 valence electrons. The van der Waals surface area contributed by atoms with Gasteiger partial charge in [-0.15, -0.1) is 5.10 Å². The fourth-order valence-electron chi connectivity index (χ4n) is 3.11. The van der Waals surface area contributed by atoms with Gasteiger partial charge in [0.2, 0.25) is 5.91 Å². The van der Waals surface area contributed by atoms with Gasteiger partial charge in [0.1, 0.15) is 5.75 Å². The molecule has 8 heteroatoms. The third-order valence-corrected chi connectivity index (χ3v) is 5.59. The quantitative estimate of drug-likeness (QED) is 0.814. The van der Waals surface area contributed by atoms with Crippen molar-refractivity contribution in [3.8, 4) is 0 Å². The number of para-hydroxylation sites is 1. The van der Waals surface area contributed by atoms with E-state index in [0.717, 1.165) is 31.4 Å². The molecule has 1 saturated carbocycles. The summed E-state index contributed by atoms with van der Waals surface area (Å²) in [4.78, 5) is 14.4. The first-order valence-electron chi connectivity index (χ1n) is 8.22. The molecule has 1 aliphatic carbocycles. The average molecular weight is 345 g/mol. The predicted molar refractivity (Wildman–Crippen MR) is 89.9 cm³/mol. The first-order valence-corrected chi connectivity index (χ1v) is 9.71. The summed E-state index contributed by atoms with van der Waals surface area (Å²) >= 11 is 0. The van der Waals surface area contributed by atoms with E-state index in [2.05, 4.69) is 21.6 Å². The number of amides is 1. The van der Waals surface area contributed by atoms with Gasteiger partial charge in [-0.25, -0.2) is 4.68 Å². The van der Waals surface area contributed by atoms with Crippen LogP contribution in [0.5, 0.6) is 0 Å². The van der Waals surface area contributed by atoms with Gasteiger partial charge in [-0.05, 0) is 47.7 Å². The Morgan fingerprint density at radius 1 is 1.29 bits per heavy atom. The molecule has 24 heavy (non-hydrogen) atoms. The maximum atomic E-state index is 12.6. The molecule has 2 aromatic rings. The topological polar surface area (TPSA) is 81.0 Å². The number of anilines is 1. The number of carbonyl (C=O) groups excluding carboxylic acids is 1. The summed E-state index contributed by atoms with van der Waals surface area (Å²) in [7, 11) is -1.31. The summed E-state index contributed by atoms with van der Waals surface area (Å²) in [6.07, 6.45) is 4.05. The van der Waals surface area contributed by atoms with Crippen LogP contribution in [0.4, 0.5) is 5.69 Å². The van der Waals surface area contributed by atoms with Crippen molar-refractivity contribution in [2.45, 2.75) is 37.5 Å². The first-order chi connectivity index (χ1) is 11.7. The number of tetrazole rings is 1. The molecule has 0 spiro atoms. The van der Waals surface area contributed by atoms with Gasteiger partial charge in [0, 0.05) is 23.0 Å². The molecule has 0 saturated heterocycles. The van der Waals surface area contributed by atoms with Crippen molar-refractivity contribution in [1.29, 1.82) is 0 Å². The SMILES string of the molecule is O=C(CS(=O)Cc1nnnn1C1CC1)N1CCCc2ccccc21. The third-order valence-electron chi connectivity index (χ3n) is 4.44. The molecule has 1 aliphatic heterocycles. The van der Waals surface area contributed by atoms with Gasteiger partial charge in [0.25, 0.3) is 0 Å². The molecule has 1 atom stereocenters. The van der Waals surface area contributed by atoms with E-state index in [0.29, 0.717) is 18.4 Å². The Morgan fingerprint density at radius 3 is 2.96 bits per heavy atom. The minimum Gasteiger partial charge on any atom is -0.311 e. The molecule has 1 aromatic heterocycles. The molecule has 0 bridgehead atoms. The standard InChI is InChI=1S/C16H19N5O2S/c22-16(20-9-3-5-12-4-1-2-6-14(12)20)11-24(23)10-15-17-18-19-21(15)13-7-8-13/h1-2,4,6,13H,3,5,7-11H2. The van der Waals surface area contributed by atoms with Gasteiger partial charge in [-0.2, -0.15) is 0 Å². The molecular weight excluding hydrogens is 326 g/mol. The van der Waals surface area contributed by atoms with Crippen molar-refractivity contribution in [3.05, 3.63) is 35.7 Å². The smallest absolute Gasteiger partial charge is 0.239 e. The minimum atomic E-state index is -1.31. The second-order valence-corrected chi connectivity index (χ2v) is 7.73. The highest BCUT2D eigenvalue weighted by Gasteiger charge is 2.29. The van der Waals surface area contributed by atoms with Crippen LogP contribution < -0.4 is 4.90 Å². The summed E-state index contributed by atoms with van der Waals surface area (Å²) in [6, 6.07) is 8.28. The van der Waals surface area contributed by atoms with Crippen molar-refractivity contribution in [1.82, 2.24) is 20.2 Å². The van der Waals surface area contributed by atoms with E-state index in [-0.39, 0.29) is 17.4 Å². The number of aryl methyl sites for hydroxylation is 1. The Bertz CT molecular complexity index is 786. The Labute approximate surface area is 142 Å². The lowest BCUT2D eigenvalue weighted by Crippen LogP contribution is -2.38. The first kappa shape index (κ1) is 15.4. The second-order valence-electron chi connectivity index (χ2n) is 6.28. The second kappa shape index (κ2) is 6.43. The summed E-state index contributed by atoms with van der Waals surface area (Å²) < 4.78 is 14.2. The molecule has 2 aliphatic rings. The monoisotopic (exact) mass is 345 g/mol. The van der Waals surface area contributed by atoms with Gasteiger partial charge >= 0.3 is 0 Å². The lowest BCUT2D eigenvalue weighted by atomic mass is 10.0. The molecule has 0 radical (unpaired) electrons. The van der Waals surface area contributed by atoms with E-state index in [1.54, 1.807) is 9.58 Å². The Hall–Kier alpha value is -2.09. The molecule has 1 fully saturated rings. The number of aromatic nitrogens is 4. The van der Waals surface area contributed by atoms with E-state index in [9.17, 15) is 9.00 Å². The highest BCUT2D eigenvalue weighted by atomic mass is 32.2. The molecule has 2 heterocycles. The summed E-state index contributed by atoms with van der Waals surface area (Å²) in [6.45, 7) is 0.687. The van der Waals surface area contributed by atoms with Gasteiger partial charge in [0.15, 0.2) is 5.82 Å². The molecule has 1 aromatic carbocycles. The zero-order valence-corrected chi connectivity index (χ0v) is 14.1. The highest BCUT2D eigenvalue weighted by molar-refractivity contribution is 7.84. The lowest BCUT2D eigenvalue weighted by molar-refractivity contribution is -0.116. The predicted octanol–water partition coefficient (Wildman–Crippen LogP) is 1.24. The van der Waals surface area contributed by atoms with Crippen LogP contribution in [0.15, 0.2) is 24.3 Å². The molecule has 1 unspecified atom stereocenters. The van der Waals surface area contributed by atoms with E-state index in [4.69, 9.17) is 0 Å². The van der Waals surface area contributed by atoms with Crippen LogP contribution in [0.3, 0.4) is 0 Å². The summed E-state index contributed by atoms with van der Waals surface area (Å²) in [5, 5.41) is 11.6. The van der Waals surface area contributed by atoms with Crippen LogP contribution in [-0.2, 0) is 27.8 Å². The van der Waals surface area contributed by atoms with Crippen LogP contribution in [0, 0.1) is 0 Å². The zero-order valence-electron chi connectivity index (χ0n) is 13.3. The van der Waals surface area contributed by atoms with Gasteiger partial charge in [-0.1, -0.05) is 18.2 Å². The fraction of sp³-hybridized carbons (Fsp3) is 0.500. The maximum Gasteiger partial charge on any atom is 0.239 e. The van der Waals surface area contributed by atoms with Crippen LogP contribution in [-0.4, -0.2) is 42.6 Å². The Kier molecular flexibility index (Phi) is 4.13. The van der Waals surface area contributed by atoms with Crippen molar-refractivity contribution in [2.75, 3.05) is 17.2 Å². The summed E-state index contributed by atoms with van der Waals surface area (Å²) in [5.41, 5.74) is 2.13. The van der Waals surface area contributed by atoms with E-state index in [1.165, 1.54) is 5.56 Å². The molecular formula is C16H19N5O2S. The van der Waals surface area contributed by atoms with Crippen molar-refractivity contribution in [3.63, 3.8) is 0 Å². The number of nitrogens with zero attached hydrogens (tertiary/aromatic N) is 5. The largest absolute Gasteiger partial charge is 0.311 e. The Balaban J connectivity index is 1.43.